The predicted molar refractivity (Wildman–Crippen MR) is 60.2 cm³/mol. The van der Waals surface area contributed by atoms with Crippen LogP contribution in [0.15, 0.2) is 39.7 Å². The number of fused-ring (bicyclic) bond motifs is 1. The highest BCUT2D eigenvalue weighted by atomic mass is 16.3. The van der Waals surface area contributed by atoms with Gasteiger partial charge in [-0.25, -0.2) is 0 Å². The minimum absolute atomic E-state index is 0.410. The number of para-hydroxylation sites is 1. The van der Waals surface area contributed by atoms with Crippen molar-refractivity contribution in [1.82, 2.24) is 5.32 Å². The van der Waals surface area contributed by atoms with E-state index in [1.54, 1.807) is 0 Å². The molecule has 76 valence electrons. The van der Waals surface area contributed by atoms with Crippen molar-refractivity contribution in [2.45, 2.75) is 13.0 Å². The second kappa shape index (κ2) is 3.12. The summed E-state index contributed by atoms with van der Waals surface area (Å²) in [5, 5.41) is 4.41. The van der Waals surface area contributed by atoms with Gasteiger partial charge in [0.1, 0.15) is 5.58 Å². The molecule has 1 aliphatic rings. The van der Waals surface area contributed by atoms with Crippen LogP contribution >= 0.6 is 0 Å². The zero-order valence-corrected chi connectivity index (χ0v) is 8.53. The Kier molecular flexibility index (Phi) is 1.78. The van der Waals surface area contributed by atoms with Gasteiger partial charge in [0.15, 0.2) is 11.6 Å². The van der Waals surface area contributed by atoms with Gasteiger partial charge in [-0.2, -0.15) is 0 Å². The first-order chi connectivity index (χ1) is 7.33. The molecule has 0 fully saturated rings. The van der Waals surface area contributed by atoms with Crippen molar-refractivity contribution in [2.24, 2.45) is 4.99 Å². The normalized spacial score (nSPS) is 20.3. The summed E-state index contributed by atoms with van der Waals surface area (Å²) in [4.78, 5) is 4.39. The van der Waals surface area contributed by atoms with Crippen molar-refractivity contribution in [3.63, 3.8) is 0 Å². The van der Waals surface area contributed by atoms with Crippen LogP contribution in [-0.2, 0) is 0 Å². The molecule has 0 saturated heterocycles. The van der Waals surface area contributed by atoms with Gasteiger partial charge in [0, 0.05) is 11.4 Å². The molecule has 1 aromatic carbocycles. The Morgan fingerprint density at radius 2 is 2.27 bits per heavy atom. The number of aliphatic imine (C=N–C) groups is 1. The fourth-order valence-electron chi connectivity index (χ4n) is 1.80. The molecule has 0 radical (unpaired) electrons. The number of amidine groups is 1. The summed E-state index contributed by atoms with van der Waals surface area (Å²) in [5.74, 6) is 1.71. The standard InChI is InChI=1S/C12H12N2O/c1-8-7-13-12(14-8)11-6-9-4-2-3-5-10(9)15-11/h2-6,8H,7H2,1H3,(H,13,14). The first kappa shape index (κ1) is 8.53. The summed E-state index contributed by atoms with van der Waals surface area (Å²) < 4.78 is 5.71. The van der Waals surface area contributed by atoms with Crippen molar-refractivity contribution in [2.75, 3.05) is 6.54 Å². The minimum atomic E-state index is 0.410. The van der Waals surface area contributed by atoms with E-state index in [9.17, 15) is 0 Å². The molecule has 3 rings (SSSR count). The highest BCUT2D eigenvalue weighted by molar-refractivity contribution is 6.00. The molecule has 0 amide bonds. The van der Waals surface area contributed by atoms with Crippen LogP contribution < -0.4 is 5.32 Å². The Labute approximate surface area is 87.8 Å². The van der Waals surface area contributed by atoms with Crippen molar-refractivity contribution >= 4 is 16.8 Å². The summed E-state index contributed by atoms with van der Waals surface area (Å²) in [7, 11) is 0. The molecule has 15 heavy (non-hydrogen) atoms. The van der Waals surface area contributed by atoms with E-state index in [-0.39, 0.29) is 0 Å². The van der Waals surface area contributed by atoms with Gasteiger partial charge in [0.05, 0.1) is 6.54 Å². The monoisotopic (exact) mass is 200 g/mol. The highest BCUT2D eigenvalue weighted by Crippen LogP contribution is 2.19. The van der Waals surface area contributed by atoms with Crippen molar-refractivity contribution < 1.29 is 4.42 Å². The summed E-state index contributed by atoms with van der Waals surface area (Å²) in [6.07, 6.45) is 0. The lowest BCUT2D eigenvalue weighted by molar-refractivity contribution is 0.599. The van der Waals surface area contributed by atoms with Crippen LogP contribution in [0.1, 0.15) is 12.7 Å². The average molecular weight is 200 g/mol. The second-order valence-corrected chi connectivity index (χ2v) is 3.88. The van der Waals surface area contributed by atoms with E-state index in [1.807, 2.05) is 30.3 Å². The van der Waals surface area contributed by atoms with Gasteiger partial charge in [0.25, 0.3) is 0 Å². The minimum Gasteiger partial charge on any atom is -0.453 e. The second-order valence-electron chi connectivity index (χ2n) is 3.88. The zero-order chi connectivity index (χ0) is 10.3. The first-order valence-electron chi connectivity index (χ1n) is 5.13. The smallest absolute Gasteiger partial charge is 0.170 e. The Bertz CT molecular complexity index is 494. The van der Waals surface area contributed by atoms with Crippen LogP contribution in [0, 0.1) is 0 Å². The third kappa shape index (κ3) is 1.40. The van der Waals surface area contributed by atoms with Gasteiger partial charge >= 0.3 is 0 Å². The van der Waals surface area contributed by atoms with Crippen LogP contribution in [-0.4, -0.2) is 18.4 Å². The molecule has 1 aromatic heterocycles. The maximum atomic E-state index is 5.71. The van der Waals surface area contributed by atoms with Gasteiger partial charge in [-0.15, -0.1) is 0 Å². The molecule has 0 aliphatic carbocycles. The first-order valence-corrected chi connectivity index (χ1v) is 5.13. The average Bonchev–Trinajstić information content (AvgIpc) is 2.82. The number of nitrogens with zero attached hydrogens (tertiary/aromatic N) is 1. The van der Waals surface area contributed by atoms with Crippen molar-refractivity contribution in [3.8, 4) is 0 Å². The molecule has 3 nitrogen and oxygen atoms in total. The lowest BCUT2D eigenvalue weighted by Crippen LogP contribution is -2.27. The SMILES string of the molecule is CC1CN=C(c2cc3ccccc3o2)N1. The topological polar surface area (TPSA) is 37.5 Å². The third-order valence-electron chi connectivity index (χ3n) is 2.57. The highest BCUT2D eigenvalue weighted by Gasteiger charge is 2.17. The van der Waals surface area contributed by atoms with Crippen molar-refractivity contribution in [3.05, 3.63) is 36.1 Å². The van der Waals surface area contributed by atoms with E-state index in [2.05, 4.69) is 17.2 Å². The molecule has 2 heterocycles. The van der Waals surface area contributed by atoms with E-state index in [1.165, 1.54) is 0 Å². The predicted octanol–water partition coefficient (Wildman–Crippen LogP) is 2.17. The molecular weight excluding hydrogens is 188 g/mol. The lowest BCUT2D eigenvalue weighted by Gasteiger charge is -2.01. The van der Waals surface area contributed by atoms with E-state index in [4.69, 9.17) is 4.42 Å². The molecule has 1 N–H and O–H groups in total. The molecule has 0 spiro atoms. The van der Waals surface area contributed by atoms with E-state index in [0.29, 0.717) is 6.04 Å². The van der Waals surface area contributed by atoms with Crippen LogP contribution in [0.3, 0.4) is 0 Å². The van der Waals surface area contributed by atoms with Gasteiger partial charge in [0.2, 0.25) is 0 Å². The van der Waals surface area contributed by atoms with Gasteiger partial charge in [-0.3, -0.25) is 4.99 Å². The maximum absolute atomic E-state index is 5.71. The van der Waals surface area contributed by atoms with E-state index < -0.39 is 0 Å². The van der Waals surface area contributed by atoms with Crippen LogP contribution in [0.5, 0.6) is 0 Å². The fraction of sp³-hybridized carbons (Fsp3) is 0.250. The number of benzene rings is 1. The number of hydrogen-bond donors (Lipinski definition) is 1. The molecule has 2 aromatic rings. The molecular formula is C12H12N2O. The maximum Gasteiger partial charge on any atom is 0.170 e. The largest absolute Gasteiger partial charge is 0.453 e. The van der Waals surface area contributed by atoms with Crippen LogP contribution in [0.25, 0.3) is 11.0 Å². The molecule has 3 heteroatoms. The van der Waals surface area contributed by atoms with E-state index in [0.717, 1.165) is 29.1 Å². The van der Waals surface area contributed by atoms with Crippen LogP contribution in [0.4, 0.5) is 0 Å². The Hall–Kier alpha value is -1.77. The van der Waals surface area contributed by atoms with Crippen LogP contribution in [0.2, 0.25) is 0 Å². The molecule has 0 bridgehead atoms. The van der Waals surface area contributed by atoms with Gasteiger partial charge in [-0.05, 0) is 19.1 Å². The quantitative estimate of drug-likeness (QED) is 0.766. The third-order valence-corrected chi connectivity index (χ3v) is 2.57. The Balaban J connectivity index is 2.05. The lowest BCUT2D eigenvalue weighted by atomic mass is 10.2. The van der Waals surface area contributed by atoms with E-state index >= 15 is 0 Å². The summed E-state index contributed by atoms with van der Waals surface area (Å²) >= 11 is 0. The molecule has 1 unspecified atom stereocenters. The van der Waals surface area contributed by atoms with Crippen molar-refractivity contribution in [1.29, 1.82) is 0 Å². The number of hydrogen-bond acceptors (Lipinski definition) is 3. The number of furan rings is 1. The zero-order valence-electron chi connectivity index (χ0n) is 8.53. The molecule has 1 aliphatic heterocycles. The summed E-state index contributed by atoms with van der Waals surface area (Å²) in [6.45, 7) is 2.94. The summed E-state index contributed by atoms with van der Waals surface area (Å²) in [5.41, 5.74) is 0.913. The number of nitrogens with one attached hydrogen (secondary N) is 1. The number of rotatable bonds is 1. The Morgan fingerprint density at radius 1 is 1.40 bits per heavy atom. The molecule has 0 saturated carbocycles. The summed E-state index contributed by atoms with van der Waals surface area (Å²) in [6, 6.07) is 10.4. The fourth-order valence-corrected chi connectivity index (χ4v) is 1.80. The molecule has 1 atom stereocenters. The van der Waals surface area contributed by atoms with Gasteiger partial charge < -0.3 is 9.73 Å². The Morgan fingerprint density at radius 3 is 3.00 bits per heavy atom. The van der Waals surface area contributed by atoms with Gasteiger partial charge in [-0.1, -0.05) is 18.2 Å².